The number of carbonyl (C=O) groups excluding carboxylic acids is 4. The molecule has 186 valence electrons. The molecule has 0 radical (unpaired) electrons. The number of carbonyl (C=O) groups is 4. The van der Waals surface area contributed by atoms with Gasteiger partial charge in [-0.05, 0) is 61.4 Å². The fourth-order valence-corrected chi connectivity index (χ4v) is 4.78. The Morgan fingerprint density at radius 2 is 1.35 bits per heavy atom. The molecule has 1 aliphatic carbocycles. The maximum Gasteiger partial charge on any atom is 0.339 e. The van der Waals surface area contributed by atoms with E-state index in [1.165, 1.54) is 24.1 Å². The lowest BCUT2D eigenvalue weighted by molar-refractivity contribution is -0.122. The molecule has 0 aromatic heterocycles. The zero-order chi connectivity index (χ0) is 25.9. The molecule has 7 nitrogen and oxygen atoms in total. The quantitative estimate of drug-likeness (QED) is 0.200. The predicted molar refractivity (Wildman–Crippen MR) is 136 cm³/mol. The largest absolute Gasteiger partial charge is 0.497 e. The van der Waals surface area contributed by atoms with Crippen LogP contribution in [0.5, 0.6) is 5.75 Å². The first kappa shape index (κ1) is 24.2. The van der Waals surface area contributed by atoms with Gasteiger partial charge < -0.3 is 9.47 Å². The van der Waals surface area contributed by atoms with Gasteiger partial charge in [0.25, 0.3) is 0 Å². The third kappa shape index (κ3) is 4.68. The molecule has 1 aliphatic heterocycles. The van der Waals surface area contributed by atoms with Gasteiger partial charge in [0.1, 0.15) is 5.75 Å². The number of hydrogen-bond acceptors (Lipinski definition) is 6. The van der Waals surface area contributed by atoms with Crippen LogP contribution in [0.3, 0.4) is 0 Å². The maximum absolute atomic E-state index is 13.3. The van der Waals surface area contributed by atoms with Crippen molar-refractivity contribution in [3.8, 4) is 5.75 Å². The second-order valence-corrected chi connectivity index (χ2v) is 9.00. The van der Waals surface area contributed by atoms with Gasteiger partial charge in [-0.25, -0.2) is 4.79 Å². The third-order valence-electron chi connectivity index (χ3n) is 6.81. The highest BCUT2D eigenvalue weighted by Gasteiger charge is 2.47. The molecule has 1 fully saturated rings. The van der Waals surface area contributed by atoms with E-state index in [4.69, 9.17) is 9.47 Å². The van der Waals surface area contributed by atoms with Crippen LogP contribution in [0.2, 0.25) is 0 Å². The van der Waals surface area contributed by atoms with Crippen LogP contribution in [-0.2, 0) is 14.3 Å². The van der Waals surface area contributed by atoms with E-state index in [-0.39, 0.29) is 35.0 Å². The molecule has 3 aromatic rings. The van der Waals surface area contributed by atoms with Gasteiger partial charge in [-0.1, -0.05) is 42.5 Å². The highest BCUT2D eigenvalue weighted by atomic mass is 16.5. The Labute approximate surface area is 214 Å². The molecule has 3 atom stereocenters. The molecular weight excluding hydrogens is 470 g/mol. The standard InChI is InChI=1S/C30H25NO6/c1-36-23-17-13-19(14-18-23)26(32)27(20-7-3-2-4-8-20)37-30(35)21-11-15-22(16-12-21)31-28(33)24-9-5-6-10-25(24)29(31)34/h2-8,11-18,24-25,27H,9-10H2,1H3/t24-,25+,27-/m0/s1. The summed E-state index contributed by atoms with van der Waals surface area (Å²) in [4.78, 5) is 53.3. The molecule has 0 N–H and O–H groups in total. The van der Waals surface area contributed by atoms with Crippen molar-refractivity contribution >= 4 is 29.3 Å². The van der Waals surface area contributed by atoms with Crippen molar-refractivity contribution in [3.63, 3.8) is 0 Å². The van der Waals surface area contributed by atoms with E-state index in [1.54, 1.807) is 60.7 Å². The molecule has 0 unspecified atom stereocenters. The highest BCUT2D eigenvalue weighted by Crippen LogP contribution is 2.37. The summed E-state index contributed by atoms with van der Waals surface area (Å²) in [7, 11) is 1.54. The summed E-state index contributed by atoms with van der Waals surface area (Å²) in [6, 6.07) is 21.5. The number of Topliss-reactive ketones (excluding diaryl/α,β-unsaturated/α-hetero) is 1. The molecule has 37 heavy (non-hydrogen) atoms. The van der Waals surface area contributed by atoms with Crippen LogP contribution in [-0.4, -0.2) is 30.7 Å². The minimum Gasteiger partial charge on any atom is -0.497 e. The van der Waals surface area contributed by atoms with E-state index in [0.29, 0.717) is 35.4 Å². The normalized spacial score (nSPS) is 19.3. The first-order valence-electron chi connectivity index (χ1n) is 12.0. The lowest BCUT2D eigenvalue weighted by Crippen LogP contribution is -2.30. The van der Waals surface area contributed by atoms with Gasteiger partial charge in [-0.2, -0.15) is 0 Å². The number of esters is 1. The number of methoxy groups -OCH3 is 1. The number of anilines is 1. The van der Waals surface area contributed by atoms with Crippen molar-refractivity contribution < 1.29 is 28.7 Å². The van der Waals surface area contributed by atoms with Crippen LogP contribution in [0.15, 0.2) is 91.0 Å². The van der Waals surface area contributed by atoms with Crippen LogP contribution >= 0.6 is 0 Å². The first-order valence-corrected chi connectivity index (χ1v) is 12.0. The Kier molecular flexibility index (Phi) is 6.68. The van der Waals surface area contributed by atoms with Crippen molar-refractivity contribution in [2.45, 2.75) is 18.9 Å². The second-order valence-electron chi connectivity index (χ2n) is 9.00. The van der Waals surface area contributed by atoms with Gasteiger partial charge in [0.05, 0.1) is 30.2 Å². The third-order valence-corrected chi connectivity index (χ3v) is 6.81. The molecule has 5 rings (SSSR count). The number of ether oxygens (including phenoxy) is 2. The van der Waals surface area contributed by atoms with Gasteiger partial charge in [-0.3, -0.25) is 19.3 Å². The van der Waals surface area contributed by atoms with Crippen LogP contribution in [0, 0.1) is 11.8 Å². The average Bonchev–Trinajstić information content (AvgIpc) is 3.21. The summed E-state index contributed by atoms with van der Waals surface area (Å²) >= 11 is 0. The molecule has 0 saturated carbocycles. The number of allylic oxidation sites excluding steroid dienone is 2. The average molecular weight is 496 g/mol. The number of nitrogens with zero attached hydrogens (tertiary/aromatic N) is 1. The van der Waals surface area contributed by atoms with Gasteiger partial charge in [0.2, 0.25) is 17.6 Å². The lowest BCUT2D eigenvalue weighted by atomic mass is 9.85. The molecule has 2 amide bonds. The molecule has 1 saturated heterocycles. The molecule has 0 spiro atoms. The van der Waals surface area contributed by atoms with Crippen LogP contribution in [0.4, 0.5) is 5.69 Å². The number of amides is 2. The Bertz CT molecular complexity index is 1340. The SMILES string of the molecule is COc1ccc(C(=O)[C@@H](OC(=O)c2ccc(N3C(=O)[C@H]4CC=CC[C@H]4C3=O)cc2)c2ccccc2)cc1. The number of imide groups is 1. The number of rotatable bonds is 7. The smallest absolute Gasteiger partial charge is 0.339 e. The van der Waals surface area contributed by atoms with Crippen molar-refractivity contribution in [1.82, 2.24) is 0 Å². The van der Waals surface area contributed by atoms with E-state index in [0.717, 1.165) is 0 Å². The van der Waals surface area contributed by atoms with Crippen LogP contribution < -0.4 is 9.64 Å². The van der Waals surface area contributed by atoms with Crippen molar-refractivity contribution in [1.29, 1.82) is 0 Å². The monoisotopic (exact) mass is 495 g/mol. The Morgan fingerprint density at radius 3 is 1.92 bits per heavy atom. The van der Waals surface area contributed by atoms with Crippen molar-refractivity contribution in [3.05, 3.63) is 108 Å². The summed E-state index contributed by atoms with van der Waals surface area (Å²) < 4.78 is 10.9. The topological polar surface area (TPSA) is 90.0 Å². The Balaban J connectivity index is 1.36. The predicted octanol–water partition coefficient (Wildman–Crippen LogP) is 4.93. The van der Waals surface area contributed by atoms with E-state index in [1.807, 2.05) is 18.2 Å². The fraction of sp³-hybridized carbons (Fsp3) is 0.200. The minimum atomic E-state index is -1.15. The maximum atomic E-state index is 13.3. The van der Waals surface area contributed by atoms with Crippen LogP contribution in [0.1, 0.15) is 45.2 Å². The van der Waals surface area contributed by atoms with E-state index < -0.39 is 12.1 Å². The van der Waals surface area contributed by atoms with Gasteiger partial charge in [0, 0.05) is 11.1 Å². The van der Waals surface area contributed by atoms with Crippen molar-refractivity contribution in [2.24, 2.45) is 11.8 Å². The summed E-state index contributed by atoms with van der Waals surface area (Å²) in [5, 5.41) is 0. The summed E-state index contributed by atoms with van der Waals surface area (Å²) in [5.41, 5.74) is 1.53. The molecule has 0 bridgehead atoms. The molecule has 7 heteroatoms. The Morgan fingerprint density at radius 1 is 0.784 bits per heavy atom. The Hall–Kier alpha value is -4.52. The van der Waals surface area contributed by atoms with E-state index >= 15 is 0 Å². The molecular formula is C30H25NO6. The van der Waals surface area contributed by atoms with Crippen LogP contribution in [0.25, 0.3) is 0 Å². The summed E-state index contributed by atoms with van der Waals surface area (Å²) in [6.45, 7) is 0. The van der Waals surface area contributed by atoms with Gasteiger partial charge in [-0.15, -0.1) is 0 Å². The molecule has 1 heterocycles. The van der Waals surface area contributed by atoms with E-state index in [9.17, 15) is 19.2 Å². The minimum absolute atomic E-state index is 0.199. The number of ketones is 1. The fourth-order valence-electron chi connectivity index (χ4n) is 4.78. The number of benzene rings is 3. The highest BCUT2D eigenvalue weighted by molar-refractivity contribution is 6.22. The van der Waals surface area contributed by atoms with E-state index in [2.05, 4.69) is 0 Å². The van der Waals surface area contributed by atoms with Crippen molar-refractivity contribution in [2.75, 3.05) is 12.0 Å². The first-order chi connectivity index (χ1) is 18.0. The lowest BCUT2D eigenvalue weighted by Gasteiger charge is -2.18. The molecule has 3 aromatic carbocycles. The van der Waals surface area contributed by atoms with Gasteiger partial charge >= 0.3 is 5.97 Å². The summed E-state index contributed by atoms with van der Waals surface area (Å²) in [5.74, 6) is -1.57. The molecule has 2 aliphatic rings. The second kappa shape index (κ2) is 10.2. The zero-order valence-corrected chi connectivity index (χ0v) is 20.2. The number of fused-ring (bicyclic) bond motifs is 1. The van der Waals surface area contributed by atoms with Gasteiger partial charge in [0.15, 0.2) is 6.10 Å². The summed E-state index contributed by atoms with van der Waals surface area (Å²) in [6.07, 6.45) is 3.83. The zero-order valence-electron chi connectivity index (χ0n) is 20.2. The number of hydrogen-bond donors (Lipinski definition) is 0.